The maximum atomic E-state index is 13.3. The first-order chi connectivity index (χ1) is 34.5. The van der Waals surface area contributed by atoms with E-state index < -0.39 is 30.6 Å². The van der Waals surface area contributed by atoms with Crippen molar-refractivity contribution in [3.63, 3.8) is 0 Å². The van der Waals surface area contributed by atoms with Crippen LogP contribution in [0.25, 0.3) is 33.8 Å². The van der Waals surface area contributed by atoms with Crippen LogP contribution in [0, 0.1) is 0 Å². The van der Waals surface area contributed by atoms with Crippen LogP contribution in [0.15, 0.2) is 90.4 Å². The van der Waals surface area contributed by atoms with Crippen LogP contribution < -0.4 is 35.9 Å². The van der Waals surface area contributed by atoms with E-state index in [-0.39, 0.29) is 68.0 Å². The van der Waals surface area contributed by atoms with Crippen molar-refractivity contribution in [1.82, 2.24) is 48.8 Å². The number of nitrogens with one attached hydrogen (secondary N) is 3. The maximum Gasteiger partial charge on any atom is 0.387 e. The van der Waals surface area contributed by atoms with Gasteiger partial charge in [0.2, 0.25) is 0 Å². The largest absolute Gasteiger partial charge is 0.489 e. The van der Waals surface area contributed by atoms with E-state index in [0.29, 0.717) is 65.9 Å². The monoisotopic (exact) mass is 1080 g/mol. The van der Waals surface area contributed by atoms with E-state index in [1.165, 1.54) is 55.2 Å². The molecule has 9 heterocycles. The van der Waals surface area contributed by atoms with Crippen LogP contribution in [0.3, 0.4) is 0 Å². The first-order valence-corrected chi connectivity index (χ1v) is 22.5. The number of carbonyl (C=O) groups excluding carboxylic acids is 2. The molecule has 6 N–H and O–H groups in total. The number of fused-ring (bicyclic) bond motifs is 3. The molecule has 376 valence electrons. The Kier molecular flexibility index (Phi) is 14.0. The maximum absolute atomic E-state index is 13.3. The summed E-state index contributed by atoms with van der Waals surface area (Å²) < 4.78 is 84.1. The number of amides is 2. The molecule has 2 saturated heterocycles. The Morgan fingerprint density at radius 3 is 1.79 bits per heavy atom. The molecule has 2 amide bonds. The summed E-state index contributed by atoms with van der Waals surface area (Å²) in [5.74, 6) is -0.773. The summed E-state index contributed by atoms with van der Waals surface area (Å²) in [6.45, 7) is -3.81. The van der Waals surface area contributed by atoms with Crippen molar-refractivity contribution in [2.24, 2.45) is 19.8 Å². The number of aryl methyl sites for hydroxylation is 2. The lowest BCUT2D eigenvalue weighted by Gasteiger charge is -2.45. The number of aliphatic hydroxyl groups is 1. The quantitative estimate of drug-likeness (QED) is 0.0979. The number of hydrogen-bond acceptors (Lipinski definition) is 16. The van der Waals surface area contributed by atoms with Crippen molar-refractivity contribution >= 4 is 67.7 Å². The van der Waals surface area contributed by atoms with Crippen LogP contribution in [0.2, 0.25) is 5.02 Å². The molecule has 6 aromatic heterocycles. The zero-order valence-corrected chi connectivity index (χ0v) is 39.9. The fourth-order valence-corrected chi connectivity index (χ4v) is 7.96. The number of nitrogens with zero attached hydrogens (tertiary/aromatic N) is 10. The molecule has 8 aromatic rings. The number of aliphatic hydroxyl groups excluding tert-OH is 1. The molecule has 2 fully saturated rings. The molecule has 28 heteroatoms. The molecule has 22 nitrogen and oxygen atoms in total. The second kappa shape index (κ2) is 20.4. The van der Waals surface area contributed by atoms with E-state index in [0.717, 1.165) is 0 Å². The molecule has 1 spiro atoms. The van der Waals surface area contributed by atoms with Gasteiger partial charge in [0.25, 0.3) is 11.8 Å². The van der Waals surface area contributed by atoms with Gasteiger partial charge in [-0.3, -0.25) is 19.0 Å². The Morgan fingerprint density at radius 1 is 0.819 bits per heavy atom. The van der Waals surface area contributed by atoms with Gasteiger partial charge in [0.15, 0.2) is 11.3 Å². The minimum absolute atomic E-state index is 0.0347. The molecule has 0 bridgehead atoms. The summed E-state index contributed by atoms with van der Waals surface area (Å²) in [5, 5.41) is 34.4. The number of rotatable bonds is 11. The predicted molar refractivity (Wildman–Crippen MR) is 253 cm³/mol. The number of aromatic nitrogens is 10. The van der Waals surface area contributed by atoms with Gasteiger partial charge in [0.05, 0.1) is 78.6 Å². The lowest BCUT2D eigenvalue weighted by Crippen LogP contribution is -2.61. The van der Waals surface area contributed by atoms with Gasteiger partial charge in [0, 0.05) is 67.4 Å². The molecular formula is C44H40BrClF4N14O8. The van der Waals surface area contributed by atoms with E-state index >= 15 is 0 Å². The Bertz CT molecular complexity index is 3300. The van der Waals surface area contributed by atoms with Gasteiger partial charge in [-0.25, -0.2) is 19.0 Å². The summed E-state index contributed by atoms with van der Waals surface area (Å²) >= 11 is 9.34. The number of carbonyl (C=O) groups is 2. The summed E-state index contributed by atoms with van der Waals surface area (Å²) in [6, 6.07) is 9.14. The molecule has 0 aliphatic carbocycles. The fourth-order valence-electron chi connectivity index (χ4n) is 7.47. The van der Waals surface area contributed by atoms with E-state index in [1.807, 2.05) is 0 Å². The Balaban J connectivity index is 0.000000158. The predicted octanol–water partition coefficient (Wildman–Crippen LogP) is 5.66. The van der Waals surface area contributed by atoms with Crippen LogP contribution in [0.5, 0.6) is 17.2 Å². The molecule has 2 aromatic carbocycles. The zero-order valence-electron chi connectivity index (χ0n) is 37.6. The molecule has 0 saturated carbocycles. The Hall–Kier alpha value is -7.43. The van der Waals surface area contributed by atoms with Crippen LogP contribution in [-0.2, 0) is 23.6 Å². The molecule has 0 atom stereocenters. The standard InChI is InChI=1S/C22H19F2N7O4.C18H12BrClF2N6O2.C4H9NO2/c1-30-8-15(27-20(32)13-7-26-31-4-2-3-25-19(13)31)18(29-30)12-5-17-14(6-16(12)35-21(23)24)28-22(11-34-17)9-33-10-22;1-27-8-13(25-17(29)10-7-24-28-4-2-3-23-16(10)28)15(26-27)9-5-12(20)11(19)6-14(9)30-18(21)22;5-4(1-6)2-7-3-4/h2-8,21,28H,9-11H2,1H3,(H,27,32);2-8,18H,1H3,(H,25,29);6H,1-3,5H2. The summed E-state index contributed by atoms with van der Waals surface area (Å²) in [5.41, 5.74) is 7.82. The highest BCUT2D eigenvalue weighted by atomic mass is 79.9. The van der Waals surface area contributed by atoms with Gasteiger partial charge in [-0.1, -0.05) is 11.6 Å². The highest BCUT2D eigenvalue weighted by Crippen LogP contribution is 2.45. The number of halogens is 6. The van der Waals surface area contributed by atoms with E-state index in [4.69, 9.17) is 41.4 Å². The number of nitrogens with two attached hydrogens (primary N) is 1. The van der Waals surface area contributed by atoms with Crippen molar-refractivity contribution in [3.05, 3.63) is 107 Å². The van der Waals surface area contributed by atoms with Crippen molar-refractivity contribution in [1.29, 1.82) is 0 Å². The third-order valence-electron chi connectivity index (χ3n) is 11.0. The molecule has 11 rings (SSSR count). The molecule has 72 heavy (non-hydrogen) atoms. The van der Waals surface area contributed by atoms with Crippen molar-refractivity contribution < 1.29 is 55.9 Å². The number of hydrogen-bond donors (Lipinski definition) is 5. The van der Waals surface area contributed by atoms with Gasteiger partial charge in [-0.05, 0) is 46.3 Å². The van der Waals surface area contributed by atoms with Gasteiger partial charge in [-0.15, -0.1) is 0 Å². The van der Waals surface area contributed by atoms with E-state index in [1.54, 1.807) is 63.3 Å². The summed E-state index contributed by atoms with van der Waals surface area (Å²) in [6.07, 6.45) is 12.3. The summed E-state index contributed by atoms with van der Waals surface area (Å²) in [4.78, 5) is 34.2. The lowest BCUT2D eigenvalue weighted by atomic mass is 9.95. The topological polar surface area (TPSA) is 259 Å². The number of anilines is 3. The molecule has 0 unspecified atom stereocenters. The Labute approximate surface area is 417 Å². The van der Waals surface area contributed by atoms with Gasteiger partial charge in [0.1, 0.15) is 51.9 Å². The van der Waals surface area contributed by atoms with Crippen molar-refractivity contribution in [2.75, 3.05) is 55.6 Å². The van der Waals surface area contributed by atoms with Gasteiger partial charge >= 0.3 is 13.2 Å². The average Bonchev–Trinajstić information content (AvgIpc) is 4.13. The smallest absolute Gasteiger partial charge is 0.387 e. The van der Waals surface area contributed by atoms with E-state index in [9.17, 15) is 27.2 Å². The van der Waals surface area contributed by atoms with Gasteiger partial charge in [-0.2, -0.15) is 38.0 Å². The third-order valence-corrected chi connectivity index (χ3v) is 12.2. The van der Waals surface area contributed by atoms with Crippen molar-refractivity contribution in [2.45, 2.75) is 24.3 Å². The first kappa shape index (κ1) is 49.5. The number of ether oxygens (including phenoxy) is 5. The highest BCUT2D eigenvalue weighted by molar-refractivity contribution is 9.10. The summed E-state index contributed by atoms with van der Waals surface area (Å²) in [7, 11) is 3.28. The fraction of sp³-hybridized carbons (Fsp3) is 0.273. The second-order valence-corrected chi connectivity index (χ2v) is 17.8. The average molecular weight is 1080 g/mol. The van der Waals surface area contributed by atoms with Gasteiger partial charge < -0.3 is 50.5 Å². The third kappa shape index (κ3) is 10.5. The van der Waals surface area contributed by atoms with Crippen LogP contribution in [0.1, 0.15) is 20.7 Å². The molecule has 3 aliphatic heterocycles. The molecular weight excluding hydrogens is 1040 g/mol. The SMILES string of the molecule is Cn1cc(NC(=O)c2cnn3cccnc23)c(-c2cc(Cl)c(Br)cc2OC(F)F)n1.Cn1cc(NC(=O)c2cnn3cccnc23)c(-c2cc3c(cc2OC(F)F)NC2(COC2)CO3)n1.NC1(CO)COC1. The van der Waals surface area contributed by atoms with E-state index in [2.05, 4.69) is 67.0 Å². The highest BCUT2D eigenvalue weighted by Gasteiger charge is 2.43. The number of benzene rings is 2. The van der Waals surface area contributed by atoms with Crippen molar-refractivity contribution in [3.8, 4) is 39.8 Å². The Morgan fingerprint density at radius 2 is 1.33 bits per heavy atom. The minimum Gasteiger partial charge on any atom is -0.489 e. The molecule has 3 aliphatic rings. The van der Waals surface area contributed by atoms with Crippen LogP contribution >= 0.6 is 27.5 Å². The minimum atomic E-state index is -3.07. The van der Waals surface area contributed by atoms with Crippen LogP contribution in [-0.4, -0.2) is 130 Å². The number of alkyl halides is 4. The second-order valence-electron chi connectivity index (χ2n) is 16.5. The zero-order chi connectivity index (χ0) is 50.9. The normalized spacial score (nSPS) is 15.0. The first-order valence-electron chi connectivity index (χ1n) is 21.3. The van der Waals surface area contributed by atoms with Crippen LogP contribution in [0.4, 0.5) is 34.6 Å². The lowest BCUT2D eigenvalue weighted by molar-refractivity contribution is -0.0768. The molecule has 0 radical (unpaired) electrons.